The molecule has 3 rings (SSSR count). The number of rotatable bonds is 5. The average molecular weight is 322 g/mol. The Morgan fingerprint density at radius 1 is 1.33 bits per heavy atom. The van der Waals surface area contributed by atoms with E-state index in [1.165, 1.54) is 10.4 Å². The first-order chi connectivity index (χ1) is 10.3. The molecule has 21 heavy (non-hydrogen) atoms. The minimum Gasteiger partial charge on any atom is -0.493 e. The highest BCUT2D eigenvalue weighted by atomic mass is 35.5. The van der Waals surface area contributed by atoms with Crippen LogP contribution in [0.5, 0.6) is 5.75 Å². The summed E-state index contributed by atoms with van der Waals surface area (Å²) in [5, 5.41) is 3.71. The zero-order chi connectivity index (χ0) is 14.7. The molecule has 2 unspecified atom stereocenters. The number of nitrogens with one attached hydrogen (secondary N) is 1. The number of thiophene rings is 1. The van der Waals surface area contributed by atoms with E-state index < -0.39 is 0 Å². The van der Waals surface area contributed by atoms with Crippen molar-refractivity contribution in [2.75, 3.05) is 13.2 Å². The first-order valence-corrected chi connectivity index (χ1v) is 8.69. The summed E-state index contributed by atoms with van der Waals surface area (Å²) in [6, 6.07) is 12.9. The lowest BCUT2D eigenvalue weighted by molar-refractivity contribution is 0.246. The van der Waals surface area contributed by atoms with Crippen molar-refractivity contribution in [3.8, 4) is 5.75 Å². The third-order valence-electron chi connectivity index (χ3n) is 3.92. The maximum absolute atomic E-state index is 6.14. The second-order valence-electron chi connectivity index (χ2n) is 5.36. The van der Waals surface area contributed by atoms with E-state index in [1.807, 2.05) is 12.1 Å². The van der Waals surface area contributed by atoms with Crippen LogP contribution in [0, 0.1) is 0 Å². The Hall–Kier alpha value is -1.03. The number of ether oxygens (including phenoxy) is 1. The number of benzene rings is 1. The van der Waals surface area contributed by atoms with Gasteiger partial charge in [0.1, 0.15) is 5.75 Å². The van der Waals surface area contributed by atoms with Crippen LogP contribution in [0.25, 0.3) is 0 Å². The monoisotopic (exact) mass is 321 g/mol. The van der Waals surface area contributed by atoms with Gasteiger partial charge in [0, 0.05) is 16.8 Å². The molecule has 0 aliphatic carbocycles. The van der Waals surface area contributed by atoms with Crippen LogP contribution in [0.2, 0.25) is 4.34 Å². The highest BCUT2D eigenvalue weighted by Crippen LogP contribution is 2.43. The predicted octanol–water partition coefficient (Wildman–Crippen LogP) is 5.01. The van der Waals surface area contributed by atoms with Gasteiger partial charge in [0.15, 0.2) is 0 Å². The molecule has 0 saturated heterocycles. The molecule has 4 heteroatoms. The number of hydrogen-bond donors (Lipinski definition) is 1. The summed E-state index contributed by atoms with van der Waals surface area (Å²) >= 11 is 7.82. The summed E-state index contributed by atoms with van der Waals surface area (Å²) in [7, 11) is 0. The van der Waals surface area contributed by atoms with Crippen molar-refractivity contribution >= 4 is 22.9 Å². The molecule has 0 amide bonds. The fourth-order valence-corrected chi connectivity index (χ4v) is 4.15. The molecular formula is C17H20ClNOS. The van der Waals surface area contributed by atoms with E-state index in [1.54, 1.807) is 11.3 Å². The summed E-state index contributed by atoms with van der Waals surface area (Å²) in [6.45, 7) is 3.99. The molecule has 1 aromatic heterocycles. The summed E-state index contributed by atoms with van der Waals surface area (Å²) in [4.78, 5) is 1.31. The van der Waals surface area contributed by atoms with Crippen LogP contribution in [-0.4, -0.2) is 13.2 Å². The third-order valence-corrected chi connectivity index (χ3v) is 5.24. The molecule has 1 N–H and O–H groups in total. The zero-order valence-corrected chi connectivity index (χ0v) is 13.7. The van der Waals surface area contributed by atoms with Crippen LogP contribution in [0.15, 0.2) is 36.4 Å². The molecule has 0 bridgehead atoms. The Bertz CT molecular complexity index is 598. The van der Waals surface area contributed by atoms with Crippen molar-refractivity contribution in [1.82, 2.24) is 5.32 Å². The lowest BCUT2D eigenvalue weighted by Crippen LogP contribution is -2.30. The lowest BCUT2D eigenvalue weighted by atomic mass is 9.85. The molecule has 2 aromatic rings. The van der Waals surface area contributed by atoms with E-state index in [0.29, 0.717) is 12.0 Å². The second-order valence-corrected chi connectivity index (χ2v) is 7.10. The fourth-order valence-electron chi connectivity index (χ4n) is 2.95. The summed E-state index contributed by atoms with van der Waals surface area (Å²) in [5.41, 5.74) is 1.31. The van der Waals surface area contributed by atoms with Crippen LogP contribution < -0.4 is 10.1 Å². The molecule has 0 radical (unpaired) electrons. The second kappa shape index (κ2) is 6.82. The molecule has 1 aliphatic rings. The smallest absolute Gasteiger partial charge is 0.122 e. The van der Waals surface area contributed by atoms with Crippen molar-refractivity contribution in [1.29, 1.82) is 0 Å². The molecule has 0 spiro atoms. The van der Waals surface area contributed by atoms with Crippen LogP contribution in [0.3, 0.4) is 0 Å². The Labute approximate surface area is 135 Å². The van der Waals surface area contributed by atoms with Crippen LogP contribution >= 0.6 is 22.9 Å². The molecule has 0 fully saturated rings. The van der Waals surface area contributed by atoms with E-state index in [4.69, 9.17) is 16.3 Å². The van der Waals surface area contributed by atoms with Gasteiger partial charge in [-0.15, -0.1) is 11.3 Å². The maximum Gasteiger partial charge on any atom is 0.122 e. The largest absolute Gasteiger partial charge is 0.493 e. The van der Waals surface area contributed by atoms with Crippen molar-refractivity contribution in [3.63, 3.8) is 0 Å². The standard InChI is InChI=1S/C17H20ClNOS/c1-2-10-19-17(15-7-8-16(18)21-15)13-9-11-20-14-6-4-3-5-12(13)14/h3-8,13,17,19H,2,9-11H2,1H3. The Morgan fingerprint density at radius 2 is 2.19 bits per heavy atom. The van der Waals surface area contributed by atoms with Gasteiger partial charge >= 0.3 is 0 Å². The minimum atomic E-state index is 0.312. The van der Waals surface area contributed by atoms with Crippen molar-refractivity contribution in [2.45, 2.75) is 31.7 Å². The number of fused-ring (bicyclic) bond motifs is 1. The Morgan fingerprint density at radius 3 is 2.95 bits per heavy atom. The number of halogens is 1. The van der Waals surface area contributed by atoms with Crippen molar-refractivity contribution in [3.05, 3.63) is 51.2 Å². The van der Waals surface area contributed by atoms with Gasteiger partial charge in [-0.05, 0) is 43.1 Å². The zero-order valence-electron chi connectivity index (χ0n) is 12.1. The van der Waals surface area contributed by atoms with Gasteiger partial charge in [0.05, 0.1) is 10.9 Å². The van der Waals surface area contributed by atoms with Crippen LogP contribution in [-0.2, 0) is 0 Å². The molecule has 112 valence electrons. The number of para-hydroxylation sites is 1. The number of hydrogen-bond acceptors (Lipinski definition) is 3. The molecule has 1 aromatic carbocycles. The quantitative estimate of drug-likeness (QED) is 0.836. The van der Waals surface area contributed by atoms with Gasteiger partial charge in [-0.25, -0.2) is 0 Å². The van der Waals surface area contributed by atoms with Gasteiger partial charge in [-0.1, -0.05) is 36.7 Å². The Kier molecular flexibility index (Phi) is 4.84. The fraction of sp³-hybridized carbons (Fsp3) is 0.412. The first kappa shape index (κ1) is 14.9. The lowest BCUT2D eigenvalue weighted by Gasteiger charge is -2.32. The van der Waals surface area contributed by atoms with E-state index in [2.05, 4.69) is 36.5 Å². The molecular weight excluding hydrogens is 302 g/mol. The summed E-state index contributed by atoms with van der Waals surface area (Å²) < 4.78 is 6.65. The van der Waals surface area contributed by atoms with E-state index in [-0.39, 0.29) is 0 Å². The summed E-state index contributed by atoms with van der Waals surface area (Å²) in [5.74, 6) is 1.47. The van der Waals surface area contributed by atoms with Crippen molar-refractivity contribution < 1.29 is 4.74 Å². The molecule has 2 nitrogen and oxygen atoms in total. The first-order valence-electron chi connectivity index (χ1n) is 7.50. The van der Waals surface area contributed by atoms with Gasteiger partial charge in [-0.3, -0.25) is 0 Å². The third kappa shape index (κ3) is 3.25. The van der Waals surface area contributed by atoms with Gasteiger partial charge in [-0.2, -0.15) is 0 Å². The van der Waals surface area contributed by atoms with E-state index in [0.717, 1.165) is 36.1 Å². The van der Waals surface area contributed by atoms with Crippen LogP contribution in [0.4, 0.5) is 0 Å². The molecule has 2 atom stereocenters. The topological polar surface area (TPSA) is 21.3 Å². The highest BCUT2D eigenvalue weighted by Gasteiger charge is 2.30. The average Bonchev–Trinajstić information content (AvgIpc) is 2.94. The summed E-state index contributed by atoms with van der Waals surface area (Å²) in [6.07, 6.45) is 2.16. The van der Waals surface area contributed by atoms with Gasteiger partial charge in [0.2, 0.25) is 0 Å². The normalized spacial score (nSPS) is 18.9. The maximum atomic E-state index is 6.14. The molecule has 1 aliphatic heterocycles. The highest BCUT2D eigenvalue weighted by molar-refractivity contribution is 7.16. The minimum absolute atomic E-state index is 0.312. The van der Waals surface area contributed by atoms with Gasteiger partial charge < -0.3 is 10.1 Å². The van der Waals surface area contributed by atoms with Crippen molar-refractivity contribution in [2.24, 2.45) is 0 Å². The van der Waals surface area contributed by atoms with E-state index >= 15 is 0 Å². The SMILES string of the molecule is CCCNC(c1ccc(Cl)s1)C1CCOc2ccccc21. The van der Waals surface area contributed by atoms with Crippen LogP contribution in [0.1, 0.15) is 42.2 Å². The Balaban J connectivity index is 1.93. The molecule has 0 saturated carbocycles. The van der Waals surface area contributed by atoms with Gasteiger partial charge in [0.25, 0.3) is 0 Å². The molecule has 2 heterocycles. The predicted molar refractivity (Wildman–Crippen MR) is 89.7 cm³/mol. The van der Waals surface area contributed by atoms with E-state index in [9.17, 15) is 0 Å².